The van der Waals surface area contributed by atoms with Crippen LogP contribution in [0.15, 0.2) is 42.7 Å². The van der Waals surface area contributed by atoms with Gasteiger partial charge in [0.15, 0.2) is 0 Å². The van der Waals surface area contributed by atoms with Crippen molar-refractivity contribution in [2.75, 3.05) is 56.2 Å². The number of hydrogen-bond donors (Lipinski definition) is 2. The van der Waals surface area contributed by atoms with Crippen molar-refractivity contribution in [3.8, 4) is 22.9 Å². The van der Waals surface area contributed by atoms with E-state index in [1.807, 2.05) is 24.3 Å². The molecular weight excluding hydrogens is 787 g/mol. The van der Waals surface area contributed by atoms with Gasteiger partial charge >= 0.3 is 0 Å². The fourth-order valence-electron chi connectivity index (χ4n) is 10.5. The molecule has 0 spiro atoms. The van der Waals surface area contributed by atoms with Crippen molar-refractivity contribution >= 4 is 40.1 Å². The number of piperazine rings is 1. The molecule has 2 aromatic heterocycles. The van der Waals surface area contributed by atoms with Gasteiger partial charge in [-0.3, -0.25) is 29.7 Å². The van der Waals surface area contributed by atoms with Gasteiger partial charge in [0.05, 0.1) is 42.8 Å². The van der Waals surface area contributed by atoms with Crippen LogP contribution in [-0.4, -0.2) is 123 Å². The van der Waals surface area contributed by atoms with Crippen LogP contribution in [0.4, 0.5) is 11.5 Å². The number of rotatable bonds is 11. The van der Waals surface area contributed by atoms with Gasteiger partial charge in [-0.2, -0.15) is 5.10 Å². The third-order valence-corrected chi connectivity index (χ3v) is 14.4. The van der Waals surface area contributed by atoms with E-state index < -0.39 is 11.9 Å². The average molecular weight is 850 g/mol. The molecule has 15 nitrogen and oxygen atoms in total. The molecule has 15 heteroatoms. The second-order valence-electron chi connectivity index (χ2n) is 19.3. The first-order valence-corrected chi connectivity index (χ1v) is 22.7. The minimum atomic E-state index is -0.654. The van der Waals surface area contributed by atoms with E-state index in [0.29, 0.717) is 36.3 Å². The molecule has 2 saturated carbocycles. The quantitative estimate of drug-likeness (QED) is 0.161. The fourth-order valence-corrected chi connectivity index (χ4v) is 10.5. The summed E-state index contributed by atoms with van der Waals surface area (Å²) in [5.41, 5.74) is 4.86. The maximum atomic E-state index is 13.4. The van der Waals surface area contributed by atoms with Crippen LogP contribution in [0.2, 0.25) is 0 Å². The van der Waals surface area contributed by atoms with Crippen LogP contribution in [0.1, 0.15) is 104 Å². The summed E-state index contributed by atoms with van der Waals surface area (Å²) in [6.45, 7) is 12.7. The molecule has 4 aromatic rings. The Labute approximate surface area is 365 Å². The SMILES string of the molecule is COc1c(N2CCC(OC3CCC(CN4CCN(c5cc(-c6n[nH]c7ccc(OC8(C)CC8)cc67)ncn5)CC4(C)C)CC3)CC2)ccc2c1CN(C1CCC(=O)NC1=O)C2=O.[HH].[HH]. The number of fused-ring (bicyclic) bond motifs is 2. The van der Waals surface area contributed by atoms with Crippen molar-refractivity contribution in [2.45, 2.75) is 121 Å². The van der Waals surface area contributed by atoms with Crippen LogP contribution in [0.3, 0.4) is 0 Å². The van der Waals surface area contributed by atoms with Crippen LogP contribution in [0.25, 0.3) is 22.3 Å². The molecule has 332 valence electrons. The van der Waals surface area contributed by atoms with Gasteiger partial charge in [0.25, 0.3) is 5.91 Å². The second-order valence-corrected chi connectivity index (χ2v) is 19.3. The second kappa shape index (κ2) is 16.1. The molecule has 3 amide bonds. The topological polar surface area (TPSA) is 158 Å². The molecule has 1 unspecified atom stereocenters. The molecule has 4 aliphatic heterocycles. The zero-order valence-electron chi connectivity index (χ0n) is 36.5. The lowest BCUT2D eigenvalue weighted by Crippen LogP contribution is -2.60. The number of piperidine rings is 2. The predicted octanol–water partition coefficient (Wildman–Crippen LogP) is 6.36. The number of carbonyl (C=O) groups excluding carboxylic acids is 3. The number of imide groups is 1. The number of anilines is 2. The smallest absolute Gasteiger partial charge is 0.255 e. The number of H-pyrrole nitrogens is 1. The Kier molecular flexibility index (Phi) is 10.6. The molecular formula is C47H63N9O6. The van der Waals surface area contributed by atoms with Crippen LogP contribution in [-0.2, 0) is 20.9 Å². The summed E-state index contributed by atoms with van der Waals surface area (Å²) in [4.78, 5) is 56.1. The lowest BCUT2D eigenvalue weighted by Gasteiger charge is -2.49. The molecule has 2 aliphatic carbocycles. The lowest BCUT2D eigenvalue weighted by atomic mass is 9.85. The summed E-state index contributed by atoms with van der Waals surface area (Å²) in [6, 6.07) is 11.4. The molecule has 62 heavy (non-hydrogen) atoms. The van der Waals surface area contributed by atoms with Crippen LogP contribution in [0, 0.1) is 5.92 Å². The largest absolute Gasteiger partial charge is 0.494 e. The van der Waals surface area contributed by atoms with Crippen molar-refractivity contribution in [3.05, 3.63) is 53.9 Å². The zero-order valence-corrected chi connectivity index (χ0v) is 36.5. The predicted molar refractivity (Wildman–Crippen MR) is 239 cm³/mol. The Morgan fingerprint density at radius 1 is 0.871 bits per heavy atom. The highest BCUT2D eigenvalue weighted by Gasteiger charge is 2.42. The minimum absolute atomic E-state index is 0. The number of aromatic amines is 1. The number of aromatic nitrogens is 4. The summed E-state index contributed by atoms with van der Waals surface area (Å²) in [7, 11) is 1.64. The molecule has 5 fully saturated rings. The highest BCUT2D eigenvalue weighted by Crippen LogP contribution is 2.43. The van der Waals surface area contributed by atoms with Crippen molar-refractivity contribution in [1.29, 1.82) is 0 Å². The zero-order chi connectivity index (χ0) is 42.8. The van der Waals surface area contributed by atoms with E-state index in [4.69, 9.17) is 19.2 Å². The molecule has 0 bridgehead atoms. The third-order valence-electron chi connectivity index (χ3n) is 14.4. The number of carbonyl (C=O) groups is 3. The number of benzene rings is 2. The van der Waals surface area contributed by atoms with Crippen LogP contribution >= 0.6 is 0 Å². The Bertz CT molecular complexity index is 2380. The fraction of sp³-hybridized carbons (Fsp3) is 0.574. The summed E-state index contributed by atoms with van der Waals surface area (Å²) in [6.07, 6.45) is 11.3. The highest BCUT2D eigenvalue weighted by atomic mass is 16.5. The van der Waals surface area contributed by atoms with Crippen molar-refractivity contribution in [3.63, 3.8) is 0 Å². The van der Waals surface area contributed by atoms with Gasteiger partial charge in [-0.15, -0.1) is 0 Å². The van der Waals surface area contributed by atoms with Gasteiger partial charge in [0.2, 0.25) is 11.8 Å². The van der Waals surface area contributed by atoms with E-state index in [2.05, 4.69) is 68.1 Å². The molecule has 6 aliphatic rings. The van der Waals surface area contributed by atoms with E-state index in [-0.39, 0.29) is 38.3 Å². The van der Waals surface area contributed by atoms with E-state index in [0.717, 1.165) is 123 Å². The van der Waals surface area contributed by atoms with Gasteiger partial charge in [0.1, 0.15) is 41.0 Å². The van der Waals surface area contributed by atoms with Gasteiger partial charge in [-0.25, -0.2) is 9.97 Å². The number of nitrogens with one attached hydrogen (secondary N) is 2. The first-order chi connectivity index (χ1) is 29.9. The standard InChI is InChI=1S/C47H59N9O6.2H2/c1-46(2)27-54(40-24-37(48-28-49-40)42-34-23-32(62-47(3)17-18-47)9-11-36(34)51-52-42)21-22-55(46)25-29-5-7-30(8-6-29)61-31-15-19-53(20-16-31)38-12-10-33-35(43(38)60-4)26-56(45(33)59)39-13-14-41(57)50-44(39)58;;/h9-12,23-24,28-31,39H,5-8,13-22,25-27H2,1-4H3,(H,51,52)(H,50,57,58);2*1H. The Morgan fingerprint density at radius 2 is 1.66 bits per heavy atom. The number of hydrogen-bond acceptors (Lipinski definition) is 12. The lowest BCUT2D eigenvalue weighted by molar-refractivity contribution is -0.136. The number of nitrogens with zero attached hydrogens (tertiary/aromatic N) is 7. The van der Waals surface area contributed by atoms with Gasteiger partial charge in [0, 0.05) is 76.7 Å². The number of ether oxygens (including phenoxy) is 3. The van der Waals surface area contributed by atoms with Crippen LogP contribution in [0.5, 0.6) is 11.5 Å². The summed E-state index contributed by atoms with van der Waals surface area (Å²) < 4.78 is 19.0. The molecule has 2 aromatic carbocycles. The molecule has 6 heterocycles. The molecule has 0 radical (unpaired) electrons. The maximum Gasteiger partial charge on any atom is 0.255 e. The first kappa shape index (κ1) is 40.8. The molecule has 10 rings (SSSR count). The van der Waals surface area contributed by atoms with Crippen molar-refractivity contribution in [2.24, 2.45) is 5.92 Å². The first-order valence-electron chi connectivity index (χ1n) is 22.7. The van der Waals surface area contributed by atoms with E-state index in [1.54, 1.807) is 18.3 Å². The molecule has 2 N–H and O–H groups in total. The van der Waals surface area contributed by atoms with Crippen molar-refractivity contribution < 1.29 is 31.4 Å². The average Bonchev–Trinajstić information content (AvgIpc) is 3.68. The van der Waals surface area contributed by atoms with E-state index in [9.17, 15) is 14.4 Å². The highest BCUT2D eigenvalue weighted by molar-refractivity contribution is 6.06. The third kappa shape index (κ3) is 7.97. The van der Waals surface area contributed by atoms with Gasteiger partial charge in [-0.1, -0.05) is 0 Å². The van der Waals surface area contributed by atoms with E-state index >= 15 is 0 Å². The molecule has 1 atom stereocenters. The minimum Gasteiger partial charge on any atom is -0.494 e. The van der Waals surface area contributed by atoms with E-state index in [1.165, 1.54) is 12.8 Å². The Balaban J connectivity index is 0.00000280. The van der Waals surface area contributed by atoms with Gasteiger partial charge in [-0.05, 0) is 115 Å². The summed E-state index contributed by atoms with van der Waals surface area (Å²) in [5, 5.41) is 11.2. The van der Waals surface area contributed by atoms with Crippen LogP contribution < -0.4 is 24.6 Å². The Hall–Kier alpha value is -5.28. The number of methoxy groups -OCH3 is 1. The van der Waals surface area contributed by atoms with Gasteiger partial charge < -0.3 is 28.9 Å². The summed E-state index contributed by atoms with van der Waals surface area (Å²) >= 11 is 0. The molecule has 3 saturated heterocycles. The number of amides is 3. The maximum absolute atomic E-state index is 13.4. The Morgan fingerprint density at radius 3 is 2.40 bits per heavy atom. The summed E-state index contributed by atoms with van der Waals surface area (Å²) in [5.74, 6) is 2.25. The van der Waals surface area contributed by atoms with Crippen molar-refractivity contribution in [1.82, 2.24) is 35.3 Å². The normalized spacial score (nSPS) is 25.3. The monoisotopic (exact) mass is 849 g/mol.